The second-order valence-corrected chi connectivity index (χ2v) is 8.39. The van der Waals surface area contributed by atoms with Crippen LogP contribution in [0.4, 0.5) is 5.13 Å². The summed E-state index contributed by atoms with van der Waals surface area (Å²) in [6, 6.07) is 5.53. The minimum Gasteiger partial charge on any atom is -0.298 e. The molecule has 0 saturated carbocycles. The first-order chi connectivity index (χ1) is 12.4. The van der Waals surface area contributed by atoms with Gasteiger partial charge in [-0.1, -0.05) is 11.6 Å². The zero-order chi connectivity index (χ0) is 18.4. The predicted molar refractivity (Wildman–Crippen MR) is 106 cm³/mol. The van der Waals surface area contributed by atoms with Gasteiger partial charge in [0.1, 0.15) is 0 Å². The molecule has 9 heteroatoms. The number of pyridine rings is 1. The number of fused-ring (bicyclic) bond motifs is 1. The standard InChI is InChI=1S/C17H14ClN5OS2/c1-8-6-10(14-9(2)22-23(3)15(14)19-8)16(24)21-17-20-11(7-25-17)12-4-5-13(18)26-12/h4-7H,1-3H3,(H,20,21,24). The second kappa shape index (κ2) is 6.46. The molecule has 0 aliphatic carbocycles. The van der Waals surface area contributed by atoms with E-state index in [1.807, 2.05) is 38.4 Å². The minimum absolute atomic E-state index is 0.221. The Morgan fingerprint density at radius 1 is 1.27 bits per heavy atom. The number of amides is 1. The van der Waals surface area contributed by atoms with E-state index in [9.17, 15) is 4.79 Å². The maximum atomic E-state index is 12.9. The van der Waals surface area contributed by atoms with Gasteiger partial charge < -0.3 is 0 Å². The summed E-state index contributed by atoms with van der Waals surface area (Å²) in [4.78, 5) is 22.8. The Balaban J connectivity index is 1.67. The number of aryl methyl sites for hydroxylation is 3. The molecular formula is C17H14ClN5OS2. The number of carbonyl (C=O) groups is 1. The highest BCUT2D eigenvalue weighted by atomic mass is 35.5. The molecule has 0 aliphatic rings. The molecule has 0 spiro atoms. The largest absolute Gasteiger partial charge is 0.298 e. The molecule has 1 N–H and O–H groups in total. The summed E-state index contributed by atoms with van der Waals surface area (Å²) < 4.78 is 2.40. The number of rotatable bonds is 3. The lowest BCUT2D eigenvalue weighted by Crippen LogP contribution is -2.13. The summed E-state index contributed by atoms with van der Waals surface area (Å²) in [7, 11) is 1.82. The number of anilines is 1. The van der Waals surface area contributed by atoms with E-state index in [1.54, 1.807) is 10.7 Å². The van der Waals surface area contributed by atoms with E-state index in [2.05, 4.69) is 20.4 Å². The quantitative estimate of drug-likeness (QED) is 0.539. The summed E-state index contributed by atoms with van der Waals surface area (Å²) in [5.74, 6) is -0.221. The lowest BCUT2D eigenvalue weighted by molar-refractivity contribution is 0.102. The molecule has 0 atom stereocenters. The molecule has 0 unspecified atom stereocenters. The fraction of sp³-hybridized carbons (Fsp3) is 0.176. The van der Waals surface area contributed by atoms with Crippen molar-refractivity contribution >= 4 is 56.3 Å². The van der Waals surface area contributed by atoms with E-state index in [0.717, 1.165) is 27.3 Å². The third kappa shape index (κ3) is 3.00. The Bertz CT molecular complexity index is 1140. The van der Waals surface area contributed by atoms with Crippen LogP contribution in [0.15, 0.2) is 23.6 Å². The van der Waals surface area contributed by atoms with Gasteiger partial charge in [-0.3, -0.25) is 14.8 Å². The van der Waals surface area contributed by atoms with Crippen LogP contribution in [0, 0.1) is 13.8 Å². The fourth-order valence-electron chi connectivity index (χ4n) is 2.81. The topological polar surface area (TPSA) is 72.7 Å². The molecule has 26 heavy (non-hydrogen) atoms. The van der Waals surface area contributed by atoms with Crippen LogP contribution >= 0.6 is 34.3 Å². The predicted octanol–water partition coefficient (Wildman–Crippen LogP) is 4.68. The van der Waals surface area contributed by atoms with Crippen molar-refractivity contribution in [2.24, 2.45) is 7.05 Å². The van der Waals surface area contributed by atoms with Gasteiger partial charge in [-0.05, 0) is 32.0 Å². The zero-order valence-electron chi connectivity index (χ0n) is 14.2. The highest BCUT2D eigenvalue weighted by Crippen LogP contribution is 2.33. The summed E-state index contributed by atoms with van der Waals surface area (Å²) >= 11 is 8.81. The summed E-state index contributed by atoms with van der Waals surface area (Å²) in [6.07, 6.45) is 0. The Labute approximate surface area is 162 Å². The van der Waals surface area contributed by atoms with Crippen LogP contribution in [0.3, 0.4) is 0 Å². The molecule has 4 aromatic heterocycles. The molecule has 0 aromatic carbocycles. The van der Waals surface area contributed by atoms with Crippen molar-refractivity contribution in [1.82, 2.24) is 19.7 Å². The van der Waals surface area contributed by atoms with Gasteiger partial charge in [0, 0.05) is 18.1 Å². The van der Waals surface area contributed by atoms with Gasteiger partial charge in [0.15, 0.2) is 10.8 Å². The molecule has 1 amide bonds. The molecule has 0 saturated heterocycles. The Morgan fingerprint density at radius 2 is 2.08 bits per heavy atom. The van der Waals surface area contributed by atoms with E-state index < -0.39 is 0 Å². The Hall–Kier alpha value is -2.29. The van der Waals surface area contributed by atoms with Crippen molar-refractivity contribution in [1.29, 1.82) is 0 Å². The van der Waals surface area contributed by atoms with Crippen molar-refractivity contribution in [3.8, 4) is 10.6 Å². The van der Waals surface area contributed by atoms with Crippen molar-refractivity contribution in [2.75, 3.05) is 5.32 Å². The van der Waals surface area contributed by atoms with Crippen LogP contribution in [-0.4, -0.2) is 25.7 Å². The first-order valence-corrected chi connectivity index (χ1v) is 9.83. The number of nitrogens with zero attached hydrogens (tertiary/aromatic N) is 4. The monoisotopic (exact) mass is 403 g/mol. The van der Waals surface area contributed by atoms with E-state index >= 15 is 0 Å². The van der Waals surface area contributed by atoms with Gasteiger partial charge in [0.05, 0.1) is 31.6 Å². The Morgan fingerprint density at radius 3 is 2.81 bits per heavy atom. The zero-order valence-corrected chi connectivity index (χ0v) is 16.6. The van der Waals surface area contributed by atoms with E-state index in [0.29, 0.717) is 20.7 Å². The van der Waals surface area contributed by atoms with Crippen LogP contribution in [-0.2, 0) is 7.05 Å². The van der Waals surface area contributed by atoms with Crippen molar-refractivity contribution < 1.29 is 4.79 Å². The first kappa shape index (κ1) is 17.1. The first-order valence-electron chi connectivity index (χ1n) is 7.76. The Kier molecular flexibility index (Phi) is 4.26. The lowest BCUT2D eigenvalue weighted by atomic mass is 10.1. The second-order valence-electron chi connectivity index (χ2n) is 5.81. The fourth-order valence-corrected chi connectivity index (χ4v) is 4.59. The van der Waals surface area contributed by atoms with Gasteiger partial charge >= 0.3 is 0 Å². The van der Waals surface area contributed by atoms with Crippen LogP contribution in [0.2, 0.25) is 4.34 Å². The highest BCUT2D eigenvalue weighted by molar-refractivity contribution is 7.20. The number of halogens is 1. The maximum Gasteiger partial charge on any atom is 0.258 e. The number of carbonyl (C=O) groups excluding carboxylic acids is 1. The molecule has 132 valence electrons. The average Bonchev–Trinajstić information content (AvgIpc) is 3.28. The SMILES string of the molecule is Cc1cc(C(=O)Nc2nc(-c3ccc(Cl)s3)cs2)c2c(C)nn(C)c2n1. The van der Waals surface area contributed by atoms with Crippen molar-refractivity contribution in [3.63, 3.8) is 0 Å². The number of nitrogens with one attached hydrogen (secondary N) is 1. The minimum atomic E-state index is -0.221. The summed E-state index contributed by atoms with van der Waals surface area (Å²) in [5, 5.41) is 10.5. The normalized spacial score (nSPS) is 11.2. The van der Waals surface area contributed by atoms with Crippen molar-refractivity contribution in [3.05, 3.63) is 44.9 Å². The van der Waals surface area contributed by atoms with Crippen LogP contribution in [0.1, 0.15) is 21.7 Å². The molecule has 4 heterocycles. The highest BCUT2D eigenvalue weighted by Gasteiger charge is 2.19. The number of hydrogen-bond donors (Lipinski definition) is 1. The molecule has 0 aliphatic heterocycles. The van der Waals surface area contributed by atoms with Gasteiger partial charge in [-0.15, -0.1) is 22.7 Å². The number of hydrogen-bond acceptors (Lipinski definition) is 6. The van der Waals surface area contributed by atoms with Gasteiger partial charge in [-0.25, -0.2) is 9.97 Å². The van der Waals surface area contributed by atoms with E-state index in [-0.39, 0.29) is 5.91 Å². The summed E-state index contributed by atoms with van der Waals surface area (Å²) in [6.45, 7) is 3.73. The maximum absolute atomic E-state index is 12.9. The molecular weight excluding hydrogens is 390 g/mol. The van der Waals surface area contributed by atoms with Crippen molar-refractivity contribution in [2.45, 2.75) is 13.8 Å². The molecule has 6 nitrogen and oxygen atoms in total. The van der Waals surface area contributed by atoms with Crippen LogP contribution in [0.25, 0.3) is 21.6 Å². The average molecular weight is 404 g/mol. The molecule has 0 radical (unpaired) electrons. The number of thiazole rings is 1. The molecule has 0 bridgehead atoms. The molecule has 0 fully saturated rings. The van der Waals surface area contributed by atoms with Gasteiger partial charge in [0.25, 0.3) is 5.91 Å². The van der Waals surface area contributed by atoms with Gasteiger partial charge in [0.2, 0.25) is 0 Å². The summed E-state index contributed by atoms with van der Waals surface area (Å²) in [5.41, 5.74) is 3.58. The van der Waals surface area contributed by atoms with E-state index in [4.69, 9.17) is 11.6 Å². The molecule has 4 aromatic rings. The van der Waals surface area contributed by atoms with Crippen LogP contribution < -0.4 is 5.32 Å². The van der Waals surface area contributed by atoms with E-state index in [1.165, 1.54) is 22.7 Å². The smallest absolute Gasteiger partial charge is 0.258 e. The number of thiophene rings is 1. The third-order valence-corrected chi connectivity index (χ3v) is 5.90. The third-order valence-electron chi connectivity index (χ3n) is 3.89. The van der Waals surface area contributed by atoms with Crippen LogP contribution in [0.5, 0.6) is 0 Å². The lowest BCUT2D eigenvalue weighted by Gasteiger charge is -2.05. The number of aromatic nitrogens is 4. The molecule has 4 rings (SSSR count). The van der Waals surface area contributed by atoms with Gasteiger partial charge in [-0.2, -0.15) is 5.10 Å².